The second-order valence-corrected chi connectivity index (χ2v) is 9.57. The van der Waals surface area contributed by atoms with Gasteiger partial charge in [-0.2, -0.15) is 0 Å². The number of benzene rings is 2. The molecule has 6 heteroatoms. The first-order chi connectivity index (χ1) is 14.8. The summed E-state index contributed by atoms with van der Waals surface area (Å²) >= 11 is 0. The average Bonchev–Trinajstić information content (AvgIpc) is 3.27. The van der Waals surface area contributed by atoms with E-state index in [1.54, 1.807) is 4.57 Å². The standard InChI is InChI=1S/C25H30N4O2/c1-15(13-25(2,3)18-14-26-19-9-5-4-7-16(18)19)27-21-11-12-29-22-17(23(21)30)8-6-10-20(22)28-24(29)31/h4-10,14-15,21,23,26-27,30H,11-13H2,1-3H3,(H,28,31)/t15?,21-,23-/m1/s1. The lowest BCUT2D eigenvalue weighted by atomic mass is 9.79. The number of rotatable bonds is 5. The topological polar surface area (TPSA) is 85.8 Å². The van der Waals surface area contributed by atoms with Gasteiger partial charge in [-0.05, 0) is 42.9 Å². The van der Waals surface area contributed by atoms with Crippen molar-refractivity contribution < 1.29 is 5.11 Å². The first-order valence-electron chi connectivity index (χ1n) is 11.1. The van der Waals surface area contributed by atoms with Gasteiger partial charge in [0, 0.05) is 41.3 Å². The maximum Gasteiger partial charge on any atom is 0.326 e. The highest BCUT2D eigenvalue weighted by Gasteiger charge is 2.31. The number of aryl methyl sites for hydroxylation is 1. The fourth-order valence-corrected chi connectivity index (χ4v) is 5.45. The first-order valence-corrected chi connectivity index (χ1v) is 11.1. The zero-order valence-electron chi connectivity index (χ0n) is 18.3. The summed E-state index contributed by atoms with van der Waals surface area (Å²) in [4.78, 5) is 18.7. The molecule has 1 aliphatic rings. The van der Waals surface area contributed by atoms with Gasteiger partial charge >= 0.3 is 5.69 Å². The minimum atomic E-state index is -0.661. The van der Waals surface area contributed by atoms with Gasteiger partial charge < -0.3 is 20.4 Å². The largest absolute Gasteiger partial charge is 0.387 e. The number of aliphatic hydroxyl groups excluding tert-OH is 1. The van der Waals surface area contributed by atoms with Crippen LogP contribution in [0.1, 0.15) is 50.8 Å². The van der Waals surface area contributed by atoms with Crippen LogP contribution in [-0.4, -0.2) is 31.7 Å². The number of aliphatic hydroxyl groups is 1. The van der Waals surface area contributed by atoms with Gasteiger partial charge in [-0.3, -0.25) is 4.57 Å². The summed E-state index contributed by atoms with van der Waals surface area (Å²) in [5.74, 6) is 0. The summed E-state index contributed by atoms with van der Waals surface area (Å²) in [5, 5.41) is 16.1. The summed E-state index contributed by atoms with van der Waals surface area (Å²) in [7, 11) is 0. The minimum absolute atomic E-state index is 0.0376. The van der Waals surface area contributed by atoms with E-state index in [-0.39, 0.29) is 23.2 Å². The van der Waals surface area contributed by atoms with Crippen molar-refractivity contribution >= 4 is 21.9 Å². The molecule has 4 N–H and O–H groups in total. The van der Waals surface area contributed by atoms with E-state index in [1.165, 1.54) is 10.9 Å². The molecule has 0 bridgehead atoms. The zero-order valence-corrected chi connectivity index (χ0v) is 18.3. The highest BCUT2D eigenvalue weighted by Crippen LogP contribution is 2.35. The Hall–Kier alpha value is -2.83. The van der Waals surface area contributed by atoms with Crippen molar-refractivity contribution in [3.05, 3.63) is 70.3 Å². The number of fused-ring (bicyclic) bond motifs is 1. The number of nitrogens with zero attached hydrogens (tertiary/aromatic N) is 1. The molecule has 162 valence electrons. The normalized spacial score (nSPS) is 20.3. The Bertz CT molecular complexity index is 1300. The summed E-state index contributed by atoms with van der Waals surface area (Å²) in [5.41, 5.74) is 4.75. The number of H-pyrrole nitrogens is 2. The molecule has 0 radical (unpaired) electrons. The molecule has 0 saturated heterocycles. The van der Waals surface area contributed by atoms with Gasteiger partial charge in [-0.15, -0.1) is 0 Å². The van der Waals surface area contributed by atoms with Crippen LogP contribution >= 0.6 is 0 Å². The van der Waals surface area contributed by atoms with Gasteiger partial charge in [-0.1, -0.05) is 44.2 Å². The van der Waals surface area contributed by atoms with Crippen LogP contribution in [0.2, 0.25) is 0 Å². The number of imidazole rings is 1. The molecule has 2 aromatic heterocycles. The molecule has 31 heavy (non-hydrogen) atoms. The Kier molecular flexibility index (Phi) is 4.79. The third-order valence-corrected chi connectivity index (χ3v) is 6.82. The molecule has 4 aromatic rings. The zero-order chi connectivity index (χ0) is 21.8. The van der Waals surface area contributed by atoms with Gasteiger partial charge in [0.2, 0.25) is 0 Å². The second-order valence-electron chi connectivity index (χ2n) is 9.57. The van der Waals surface area contributed by atoms with Crippen molar-refractivity contribution in [2.45, 2.75) is 63.8 Å². The number of aromatic nitrogens is 3. The summed E-state index contributed by atoms with van der Waals surface area (Å²) in [6.45, 7) is 7.32. The molecule has 0 aliphatic carbocycles. The van der Waals surface area contributed by atoms with Gasteiger partial charge in [0.15, 0.2) is 0 Å². The summed E-state index contributed by atoms with van der Waals surface area (Å²) in [6, 6.07) is 14.2. The maximum atomic E-state index is 12.4. The van der Waals surface area contributed by atoms with Crippen molar-refractivity contribution in [2.75, 3.05) is 0 Å². The Morgan fingerprint density at radius 2 is 1.97 bits per heavy atom. The molecule has 0 fully saturated rings. The van der Waals surface area contributed by atoms with E-state index in [9.17, 15) is 9.90 Å². The number of aromatic amines is 2. The molecule has 1 unspecified atom stereocenters. The van der Waals surface area contributed by atoms with Gasteiger partial charge in [0.05, 0.1) is 17.1 Å². The molecular weight excluding hydrogens is 388 g/mol. The molecule has 0 spiro atoms. The highest BCUT2D eigenvalue weighted by atomic mass is 16.3. The molecule has 3 atom stereocenters. The van der Waals surface area contributed by atoms with Gasteiger partial charge in [-0.25, -0.2) is 4.79 Å². The van der Waals surface area contributed by atoms with Crippen molar-refractivity contribution in [2.24, 2.45) is 0 Å². The third kappa shape index (κ3) is 3.40. The van der Waals surface area contributed by atoms with Crippen molar-refractivity contribution in [3.63, 3.8) is 0 Å². The Labute approximate surface area is 181 Å². The molecule has 1 aliphatic heterocycles. The smallest absolute Gasteiger partial charge is 0.326 e. The lowest BCUT2D eigenvalue weighted by Gasteiger charge is -2.32. The monoisotopic (exact) mass is 418 g/mol. The van der Waals surface area contributed by atoms with Crippen LogP contribution in [0.25, 0.3) is 21.9 Å². The Balaban J connectivity index is 1.37. The summed E-state index contributed by atoms with van der Waals surface area (Å²) in [6.07, 6.45) is 3.08. The quantitative estimate of drug-likeness (QED) is 0.396. The van der Waals surface area contributed by atoms with E-state index in [0.29, 0.717) is 13.0 Å². The maximum absolute atomic E-state index is 12.4. The fraction of sp³-hybridized carbons (Fsp3) is 0.400. The predicted octanol–water partition coefficient (Wildman–Crippen LogP) is 3.96. The molecule has 2 aromatic carbocycles. The molecule has 0 saturated carbocycles. The average molecular weight is 419 g/mol. The second kappa shape index (κ2) is 7.39. The van der Waals surface area contributed by atoms with Crippen LogP contribution in [0.3, 0.4) is 0 Å². The van der Waals surface area contributed by atoms with Crippen LogP contribution in [0.5, 0.6) is 0 Å². The highest BCUT2D eigenvalue weighted by molar-refractivity contribution is 5.84. The number of para-hydroxylation sites is 2. The van der Waals surface area contributed by atoms with Crippen molar-refractivity contribution in [1.82, 2.24) is 19.9 Å². The van der Waals surface area contributed by atoms with E-state index in [4.69, 9.17) is 0 Å². The Morgan fingerprint density at radius 3 is 2.81 bits per heavy atom. The Morgan fingerprint density at radius 1 is 1.19 bits per heavy atom. The molecular formula is C25H30N4O2. The van der Waals surface area contributed by atoms with Crippen molar-refractivity contribution in [3.8, 4) is 0 Å². The van der Waals surface area contributed by atoms with Crippen LogP contribution < -0.4 is 11.0 Å². The molecule has 5 rings (SSSR count). The van der Waals surface area contributed by atoms with Crippen LogP contribution in [0, 0.1) is 0 Å². The number of hydrogen-bond acceptors (Lipinski definition) is 3. The third-order valence-electron chi connectivity index (χ3n) is 6.82. The fourth-order valence-electron chi connectivity index (χ4n) is 5.45. The van der Waals surface area contributed by atoms with Crippen LogP contribution in [-0.2, 0) is 12.0 Å². The molecule has 0 amide bonds. The van der Waals surface area contributed by atoms with Crippen LogP contribution in [0.15, 0.2) is 53.5 Å². The predicted molar refractivity (Wildman–Crippen MR) is 124 cm³/mol. The van der Waals surface area contributed by atoms with E-state index in [0.717, 1.165) is 28.5 Å². The van der Waals surface area contributed by atoms with E-state index in [2.05, 4.69) is 66.5 Å². The SMILES string of the molecule is CC(CC(C)(C)c1c[nH]c2ccccc12)N[C@@H]1CCn2c(=O)[nH]c3cccc(c32)[C@H]1O. The van der Waals surface area contributed by atoms with Gasteiger partial charge in [0.25, 0.3) is 0 Å². The lowest BCUT2D eigenvalue weighted by Crippen LogP contribution is -2.43. The summed E-state index contributed by atoms with van der Waals surface area (Å²) < 4.78 is 1.76. The molecule has 6 nitrogen and oxygen atoms in total. The van der Waals surface area contributed by atoms with Crippen molar-refractivity contribution in [1.29, 1.82) is 0 Å². The van der Waals surface area contributed by atoms with Gasteiger partial charge in [0.1, 0.15) is 0 Å². The van der Waals surface area contributed by atoms with Crippen LogP contribution in [0.4, 0.5) is 0 Å². The van der Waals surface area contributed by atoms with E-state index < -0.39 is 6.10 Å². The number of hydrogen-bond donors (Lipinski definition) is 4. The van der Waals surface area contributed by atoms with E-state index in [1.807, 2.05) is 18.2 Å². The van der Waals surface area contributed by atoms with E-state index >= 15 is 0 Å². The lowest BCUT2D eigenvalue weighted by molar-refractivity contribution is 0.116. The number of nitrogens with one attached hydrogen (secondary N) is 3. The first kappa shape index (κ1) is 20.1. The molecule has 3 heterocycles. The minimum Gasteiger partial charge on any atom is -0.387 e.